The van der Waals surface area contributed by atoms with Crippen molar-refractivity contribution in [2.45, 2.75) is 32.3 Å². The second-order valence-electron chi connectivity index (χ2n) is 4.32. The molecule has 0 amide bonds. The molecule has 0 bridgehead atoms. The van der Waals surface area contributed by atoms with Crippen LogP contribution in [0.15, 0.2) is 42.5 Å². The number of benzene rings is 1. The van der Waals surface area contributed by atoms with Gasteiger partial charge in [-0.25, -0.2) is 4.79 Å². The summed E-state index contributed by atoms with van der Waals surface area (Å²) >= 11 is 0. The number of allylic oxidation sites excluding steroid dienone is 1. The van der Waals surface area contributed by atoms with Gasteiger partial charge in [-0.1, -0.05) is 36.4 Å². The van der Waals surface area contributed by atoms with Gasteiger partial charge in [0, 0.05) is 12.5 Å². The van der Waals surface area contributed by atoms with Gasteiger partial charge in [0.1, 0.15) is 6.61 Å². The maximum Gasteiger partial charge on any atom is 0.330 e. The first kappa shape index (κ1) is 16.0. The van der Waals surface area contributed by atoms with Gasteiger partial charge in [-0.2, -0.15) is 0 Å². The van der Waals surface area contributed by atoms with Crippen LogP contribution in [-0.2, 0) is 25.7 Å². The summed E-state index contributed by atoms with van der Waals surface area (Å²) in [5.41, 5.74) is 0.965. The number of ether oxygens (including phenoxy) is 2. The lowest BCUT2D eigenvalue weighted by Crippen LogP contribution is -2.00. The van der Waals surface area contributed by atoms with Gasteiger partial charge < -0.3 is 9.47 Å². The third kappa shape index (κ3) is 7.36. The second-order valence-corrected chi connectivity index (χ2v) is 4.32. The zero-order chi connectivity index (χ0) is 14.6. The molecule has 0 saturated carbocycles. The van der Waals surface area contributed by atoms with E-state index in [1.807, 2.05) is 30.3 Å². The van der Waals surface area contributed by atoms with Crippen molar-refractivity contribution >= 4 is 11.9 Å². The van der Waals surface area contributed by atoms with Crippen LogP contribution in [0.5, 0.6) is 0 Å². The maximum atomic E-state index is 11.4. The molecule has 4 heteroatoms. The van der Waals surface area contributed by atoms with Crippen LogP contribution in [0.4, 0.5) is 0 Å². The minimum absolute atomic E-state index is 0.198. The van der Waals surface area contributed by atoms with Crippen LogP contribution in [0.1, 0.15) is 31.2 Å². The van der Waals surface area contributed by atoms with Gasteiger partial charge in [0.05, 0.1) is 7.11 Å². The molecule has 1 aromatic rings. The van der Waals surface area contributed by atoms with E-state index in [4.69, 9.17) is 4.74 Å². The summed E-state index contributed by atoms with van der Waals surface area (Å²) < 4.78 is 9.63. The molecule has 0 aliphatic carbocycles. The summed E-state index contributed by atoms with van der Waals surface area (Å²) in [4.78, 5) is 22.3. The largest absolute Gasteiger partial charge is 0.469 e. The van der Waals surface area contributed by atoms with Gasteiger partial charge in [-0.3, -0.25) is 4.79 Å². The monoisotopic (exact) mass is 276 g/mol. The van der Waals surface area contributed by atoms with Crippen molar-refractivity contribution in [1.82, 2.24) is 0 Å². The Kier molecular flexibility index (Phi) is 7.80. The highest BCUT2D eigenvalue weighted by Gasteiger charge is 1.99. The van der Waals surface area contributed by atoms with Crippen LogP contribution in [0.2, 0.25) is 0 Å². The number of carbonyl (C=O) groups is 2. The summed E-state index contributed by atoms with van der Waals surface area (Å²) in [6.07, 6.45) is 5.97. The molecule has 4 nitrogen and oxygen atoms in total. The normalized spacial score (nSPS) is 10.4. The first-order chi connectivity index (χ1) is 9.72. The molecular formula is C16H20O4. The lowest BCUT2D eigenvalue weighted by atomic mass is 10.2. The van der Waals surface area contributed by atoms with Crippen molar-refractivity contribution in [3.63, 3.8) is 0 Å². The number of methoxy groups -OCH3 is 1. The molecule has 0 aliphatic heterocycles. The van der Waals surface area contributed by atoms with Gasteiger partial charge in [-0.05, 0) is 24.8 Å². The molecular weight excluding hydrogens is 256 g/mol. The van der Waals surface area contributed by atoms with Crippen LogP contribution in [0, 0.1) is 0 Å². The first-order valence-electron chi connectivity index (χ1n) is 6.66. The average molecular weight is 276 g/mol. The third-order valence-electron chi connectivity index (χ3n) is 2.71. The Morgan fingerprint density at radius 2 is 1.90 bits per heavy atom. The maximum absolute atomic E-state index is 11.4. The van der Waals surface area contributed by atoms with Crippen molar-refractivity contribution in [2.75, 3.05) is 7.11 Å². The fraction of sp³-hybridized carbons (Fsp3) is 0.375. The van der Waals surface area contributed by atoms with E-state index >= 15 is 0 Å². The lowest BCUT2D eigenvalue weighted by molar-refractivity contribution is -0.141. The summed E-state index contributed by atoms with van der Waals surface area (Å²) in [6.45, 7) is 0.284. The van der Waals surface area contributed by atoms with Gasteiger partial charge >= 0.3 is 11.9 Å². The van der Waals surface area contributed by atoms with Crippen LogP contribution in [-0.4, -0.2) is 19.0 Å². The second kappa shape index (κ2) is 9.78. The molecule has 0 spiro atoms. The number of hydrogen-bond acceptors (Lipinski definition) is 4. The first-order valence-corrected chi connectivity index (χ1v) is 6.66. The van der Waals surface area contributed by atoms with E-state index in [0.29, 0.717) is 6.42 Å². The Morgan fingerprint density at radius 3 is 2.60 bits per heavy atom. The number of esters is 2. The summed E-state index contributed by atoms with van der Waals surface area (Å²) in [5.74, 6) is -0.543. The molecule has 0 aliphatic rings. The van der Waals surface area contributed by atoms with Crippen LogP contribution >= 0.6 is 0 Å². The van der Waals surface area contributed by atoms with Crippen molar-refractivity contribution < 1.29 is 19.1 Å². The lowest BCUT2D eigenvalue weighted by Gasteiger charge is -2.01. The van der Waals surface area contributed by atoms with Crippen molar-refractivity contribution in [3.8, 4) is 0 Å². The molecule has 108 valence electrons. The quantitative estimate of drug-likeness (QED) is 0.416. The van der Waals surface area contributed by atoms with E-state index in [0.717, 1.165) is 24.8 Å². The molecule has 0 fully saturated rings. The SMILES string of the molecule is COC(=O)CCCC/C=C/C(=O)OCc1ccccc1. The third-order valence-corrected chi connectivity index (χ3v) is 2.71. The molecule has 0 atom stereocenters. The highest BCUT2D eigenvalue weighted by Crippen LogP contribution is 2.03. The van der Waals surface area contributed by atoms with Crippen molar-refractivity contribution in [3.05, 3.63) is 48.0 Å². The van der Waals surface area contributed by atoms with Crippen LogP contribution in [0.25, 0.3) is 0 Å². The molecule has 0 N–H and O–H groups in total. The summed E-state index contributed by atoms with van der Waals surface area (Å²) in [5, 5.41) is 0. The Labute approximate surface area is 119 Å². The number of unbranched alkanes of at least 4 members (excludes halogenated alkanes) is 2. The topological polar surface area (TPSA) is 52.6 Å². The molecule has 0 unspecified atom stereocenters. The molecule has 0 heterocycles. The van der Waals surface area contributed by atoms with E-state index in [1.165, 1.54) is 13.2 Å². The molecule has 1 rings (SSSR count). The molecule has 1 aromatic carbocycles. The predicted octanol–water partition coefficient (Wildman–Crippen LogP) is 3.02. The van der Waals surface area contributed by atoms with Gasteiger partial charge in [-0.15, -0.1) is 0 Å². The van der Waals surface area contributed by atoms with Crippen molar-refractivity contribution in [1.29, 1.82) is 0 Å². The predicted molar refractivity (Wildman–Crippen MR) is 75.9 cm³/mol. The highest BCUT2D eigenvalue weighted by molar-refractivity contribution is 5.81. The van der Waals surface area contributed by atoms with E-state index in [9.17, 15) is 9.59 Å². The number of carbonyl (C=O) groups excluding carboxylic acids is 2. The van der Waals surface area contributed by atoms with Crippen molar-refractivity contribution in [2.24, 2.45) is 0 Å². The summed E-state index contributed by atoms with van der Waals surface area (Å²) in [6, 6.07) is 9.54. The van der Waals surface area contributed by atoms with E-state index in [1.54, 1.807) is 6.08 Å². The minimum atomic E-state index is -0.346. The fourth-order valence-corrected chi connectivity index (χ4v) is 1.59. The molecule has 0 saturated heterocycles. The van der Waals surface area contributed by atoms with E-state index in [-0.39, 0.29) is 18.5 Å². The number of rotatable bonds is 8. The Morgan fingerprint density at radius 1 is 1.15 bits per heavy atom. The minimum Gasteiger partial charge on any atom is -0.469 e. The zero-order valence-corrected chi connectivity index (χ0v) is 11.7. The fourth-order valence-electron chi connectivity index (χ4n) is 1.59. The molecule has 0 radical (unpaired) electrons. The van der Waals surface area contributed by atoms with Gasteiger partial charge in [0.2, 0.25) is 0 Å². The molecule has 0 aromatic heterocycles. The Hall–Kier alpha value is -2.10. The smallest absolute Gasteiger partial charge is 0.330 e. The van der Waals surface area contributed by atoms with Crippen LogP contribution < -0.4 is 0 Å². The van der Waals surface area contributed by atoms with E-state index in [2.05, 4.69) is 4.74 Å². The Balaban J connectivity index is 2.10. The standard InChI is InChI=1S/C16H20O4/c1-19-15(17)11-7-2-3-8-12-16(18)20-13-14-9-5-4-6-10-14/h4-6,8-10,12H,2-3,7,11,13H2,1H3/b12-8+. The number of hydrogen-bond donors (Lipinski definition) is 0. The zero-order valence-electron chi connectivity index (χ0n) is 11.7. The Bertz CT molecular complexity index is 437. The molecule has 20 heavy (non-hydrogen) atoms. The van der Waals surface area contributed by atoms with E-state index < -0.39 is 0 Å². The summed E-state index contributed by atoms with van der Waals surface area (Å²) in [7, 11) is 1.38. The van der Waals surface area contributed by atoms with Gasteiger partial charge in [0.15, 0.2) is 0 Å². The van der Waals surface area contributed by atoms with Gasteiger partial charge in [0.25, 0.3) is 0 Å². The average Bonchev–Trinajstić information content (AvgIpc) is 2.49. The van der Waals surface area contributed by atoms with Crippen LogP contribution in [0.3, 0.4) is 0 Å². The highest BCUT2D eigenvalue weighted by atomic mass is 16.5.